The molecule has 4 heteroatoms. The van der Waals surface area contributed by atoms with Crippen LogP contribution in [0.15, 0.2) is 24.3 Å². The molecule has 0 unspecified atom stereocenters. The van der Waals surface area contributed by atoms with E-state index in [1.165, 1.54) is 55.8 Å². The highest BCUT2D eigenvalue weighted by Crippen LogP contribution is 2.36. The van der Waals surface area contributed by atoms with Crippen molar-refractivity contribution in [3.63, 3.8) is 0 Å². The van der Waals surface area contributed by atoms with Crippen molar-refractivity contribution in [3.05, 3.63) is 35.4 Å². The third kappa shape index (κ3) is 3.65. The lowest BCUT2D eigenvalue weighted by Crippen LogP contribution is -2.55. The zero-order valence-corrected chi connectivity index (χ0v) is 14.0. The van der Waals surface area contributed by atoms with Gasteiger partial charge in [0.25, 0.3) is 0 Å². The van der Waals surface area contributed by atoms with E-state index in [9.17, 15) is 0 Å². The maximum atomic E-state index is 8.99. The fraction of sp³-hybridized carbons (Fsp3) is 0.611. The summed E-state index contributed by atoms with van der Waals surface area (Å²) in [5.41, 5.74) is 2.35. The first-order valence-corrected chi connectivity index (χ1v) is 9.50. The van der Waals surface area contributed by atoms with E-state index < -0.39 is 0 Å². The van der Waals surface area contributed by atoms with E-state index in [1.54, 1.807) is 0 Å². The van der Waals surface area contributed by atoms with Crippen molar-refractivity contribution in [3.8, 4) is 6.07 Å². The summed E-state index contributed by atoms with van der Waals surface area (Å²) in [5.74, 6) is 2.57. The van der Waals surface area contributed by atoms with Crippen LogP contribution in [0.1, 0.15) is 36.8 Å². The molecule has 0 atom stereocenters. The second-order valence-electron chi connectivity index (χ2n) is 6.45. The highest BCUT2D eigenvalue weighted by molar-refractivity contribution is 7.99. The van der Waals surface area contributed by atoms with Gasteiger partial charge in [0, 0.05) is 43.2 Å². The normalized spacial score (nSPS) is 21.6. The first-order chi connectivity index (χ1) is 10.8. The van der Waals surface area contributed by atoms with Gasteiger partial charge in [-0.2, -0.15) is 17.0 Å². The van der Waals surface area contributed by atoms with E-state index in [0.29, 0.717) is 5.54 Å². The molecule has 118 valence electrons. The van der Waals surface area contributed by atoms with Crippen molar-refractivity contribution in [2.45, 2.75) is 37.8 Å². The molecule has 3 nitrogen and oxygen atoms in total. The molecule has 0 aromatic heterocycles. The molecule has 3 rings (SSSR count). The van der Waals surface area contributed by atoms with Gasteiger partial charge >= 0.3 is 0 Å². The minimum absolute atomic E-state index is 0.383. The Balaban J connectivity index is 1.58. The molecule has 1 saturated carbocycles. The number of benzene rings is 1. The van der Waals surface area contributed by atoms with Crippen LogP contribution in [0.5, 0.6) is 0 Å². The summed E-state index contributed by atoms with van der Waals surface area (Å²) < 4.78 is 0. The Morgan fingerprint density at radius 2 is 2.00 bits per heavy atom. The summed E-state index contributed by atoms with van der Waals surface area (Å²) in [6.45, 7) is 4.43. The lowest BCUT2D eigenvalue weighted by atomic mass is 9.94. The highest BCUT2D eigenvalue weighted by atomic mass is 32.2. The van der Waals surface area contributed by atoms with Crippen LogP contribution in [-0.2, 0) is 6.54 Å². The number of rotatable bonds is 5. The summed E-state index contributed by atoms with van der Waals surface area (Å²) in [5, 5.41) is 12.7. The first kappa shape index (κ1) is 15.9. The quantitative estimate of drug-likeness (QED) is 0.906. The molecular weight excluding hydrogens is 290 g/mol. The van der Waals surface area contributed by atoms with Crippen molar-refractivity contribution in [1.29, 1.82) is 5.26 Å². The number of nitrogens with zero attached hydrogens (tertiary/aromatic N) is 2. The summed E-state index contributed by atoms with van der Waals surface area (Å²) in [6, 6.07) is 10.2. The number of nitrogens with one attached hydrogen (secondary N) is 1. The van der Waals surface area contributed by atoms with Gasteiger partial charge in [0.15, 0.2) is 0 Å². The number of hydrogen-bond donors (Lipinski definition) is 1. The molecule has 0 spiro atoms. The predicted molar refractivity (Wildman–Crippen MR) is 93.0 cm³/mol. The maximum Gasteiger partial charge on any atom is 0.0991 e. The van der Waals surface area contributed by atoms with E-state index in [1.807, 2.05) is 18.2 Å². The maximum absolute atomic E-state index is 8.99. The standard InChI is InChI=1S/C18H25N3S/c19-13-16-4-3-5-17(12-16)14-20-15-18(6-1-2-7-18)21-8-10-22-11-9-21/h3-5,12,20H,1-2,6-11,14-15H2. The molecule has 1 aliphatic carbocycles. The Labute approximate surface area is 138 Å². The van der Waals surface area contributed by atoms with Gasteiger partial charge in [-0.15, -0.1) is 0 Å². The fourth-order valence-electron chi connectivity index (χ4n) is 3.87. The summed E-state index contributed by atoms with van der Waals surface area (Å²) in [6.07, 6.45) is 5.41. The second-order valence-corrected chi connectivity index (χ2v) is 7.67. The zero-order chi connectivity index (χ0) is 15.3. The van der Waals surface area contributed by atoms with Crippen molar-refractivity contribution in [1.82, 2.24) is 10.2 Å². The number of thioether (sulfide) groups is 1. The van der Waals surface area contributed by atoms with Gasteiger partial charge in [-0.3, -0.25) is 4.90 Å². The molecular formula is C18H25N3S. The van der Waals surface area contributed by atoms with Gasteiger partial charge in [-0.1, -0.05) is 25.0 Å². The summed E-state index contributed by atoms with van der Waals surface area (Å²) >= 11 is 2.09. The molecule has 1 heterocycles. The highest BCUT2D eigenvalue weighted by Gasteiger charge is 2.39. The van der Waals surface area contributed by atoms with E-state index in [0.717, 1.165) is 18.7 Å². The minimum atomic E-state index is 0.383. The Bertz CT molecular complexity index is 525. The third-order valence-electron chi connectivity index (χ3n) is 5.06. The van der Waals surface area contributed by atoms with E-state index in [4.69, 9.17) is 5.26 Å². The van der Waals surface area contributed by atoms with Crippen LogP contribution in [0.4, 0.5) is 0 Å². The van der Waals surface area contributed by atoms with E-state index in [-0.39, 0.29) is 0 Å². The Kier molecular flexibility index (Phi) is 5.41. The topological polar surface area (TPSA) is 39.1 Å². The number of nitriles is 1. The molecule has 0 radical (unpaired) electrons. The molecule has 1 aliphatic heterocycles. The minimum Gasteiger partial charge on any atom is -0.311 e. The van der Waals surface area contributed by atoms with Gasteiger partial charge in [-0.25, -0.2) is 0 Å². The fourth-order valence-corrected chi connectivity index (χ4v) is 4.77. The molecule has 2 fully saturated rings. The summed E-state index contributed by atoms with van der Waals surface area (Å²) in [7, 11) is 0. The van der Waals surface area contributed by atoms with Gasteiger partial charge in [-0.05, 0) is 30.5 Å². The lowest BCUT2D eigenvalue weighted by Gasteiger charge is -2.43. The van der Waals surface area contributed by atoms with Gasteiger partial charge in [0.05, 0.1) is 11.6 Å². The largest absolute Gasteiger partial charge is 0.311 e. The SMILES string of the molecule is N#Cc1cccc(CNCC2(N3CCSCC3)CCCC2)c1. The van der Waals surface area contributed by atoms with Gasteiger partial charge in [0.2, 0.25) is 0 Å². The lowest BCUT2D eigenvalue weighted by molar-refractivity contribution is 0.102. The van der Waals surface area contributed by atoms with Crippen LogP contribution in [0.3, 0.4) is 0 Å². The van der Waals surface area contributed by atoms with Crippen LogP contribution >= 0.6 is 11.8 Å². The van der Waals surface area contributed by atoms with Crippen molar-refractivity contribution < 1.29 is 0 Å². The van der Waals surface area contributed by atoms with Crippen LogP contribution < -0.4 is 5.32 Å². The van der Waals surface area contributed by atoms with Crippen molar-refractivity contribution in [2.24, 2.45) is 0 Å². The smallest absolute Gasteiger partial charge is 0.0991 e. The number of hydrogen-bond acceptors (Lipinski definition) is 4. The molecule has 22 heavy (non-hydrogen) atoms. The monoisotopic (exact) mass is 315 g/mol. The average molecular weight is 315 g/mol. The third-order valence-corrected chi connectivity index (χ3v) is 6.00. The second kappa shape index (κ2) is 7.50. The molecule has 1 N–H and O–H groups in total. The molecule has 0 bridgehead atoms. The van der Waals surface area contributed by atoms with Crippen LogP contribution in [0.2, 0.25) is 0 Å². The molecule has 1 aromatic rings. The Morgan fingerprint density at radius 3 is 2.73 bits per heavy atom. The van der Waals surface area contributed by atoms with Crippen LogP contribution in [0.25, 0.3) is 0 Å². The van der Waals surface area contributed by atoms with Crippen LogP contribution in [0, 0.1) is 11.3 Å². The average Bonchev–Trinajstić information content (AvgIpc) is 3.06. The van der Waals surface area contributed by atoms with Crippen LogP contribution in [-0.4, -0.2) is 41.6 Å². The predicted octanol–water partition coefficient (Wildman–Crippen LogP) is 3.01. The zero-order valence-electron chi connectivity index (χ0n) is 13.2. The van der Waals surface area contributed by atoms with Gasteiger partial charge < -0.3 is 5.32 Å². The van der Waals surface area contributed by atoms with Crippen molar-refractivity contribution in [2.75, 3.05) is 31.1 Å². The van der Waals surface area contributed by atoms with E-state index in [2.05, 4.69) is 34.1 Å². The Morgan fingerprint density at radius 1 is 1.23 bits per heavy atom. The van der Waals surface area contributed by atoms with Crippen molar-refractivity contribution >= 4 is 11.8 Å². The Hall–Kier alpha value is -1.02. The van der Waals surface area contributed by atoms with E-state index >= 15 is 0 Å². The molecule has 1 saturated heterocycles. The molecule has 1 aromatic carbocycles. The first-order valence-electron chi connectivity index (χ1n) is 8.35. The molecule has 0 amide bonds. The molecule has 2 aliphatic rings. The van der Waals surface area contributed by atoms with Gasteiger partial charge in [0.1, 0.15) is 0 Å². The summed E-state index contributed by atoms with van der Waals surface area (Å²) in [4.78, 5) is 2.75.